The molecule has 0 radical (unpaired) electrons. The highest BCUT2D eigenvalue weighted by molar-refractivity contribution is 7.98. The molecule has 0 bridgehead atoms. The highest BCUT2D eigenvalue weighted by atomic mass is 32.2. The maximum Gasteiger partial charge on any atom is 0.338 e. The van der Waals surface area contributed by atoms with Gasteiger partial charge in [0.15, 0.2) is 0 Å². The van der Waals surface area contributed by atoms with Crippen molar-refractivity contribution in [2.24, 2.45) is 5.73 Å². The number of thioether (sulfide) groups is 1. The van der Waals surface area contributed by atoms with E-state index in [-0.39, 0.29) is 5.69 Å². The Morgan fingerprint density at radius 2 is 2.21 bits per heavy atom. The van der Waals surface area contributed by atoms with Gasteiger partial charge in [-0.05, 0) is 36.6 Å². The van der Waals surface area contributed by atoms with Gasteiger partial charge in [0.1, 0.15) is 5.82 Å². The molecule has 4 N–H and O–H groups in total. The summed E-state index contributed by atoms with van der Waals surface area (Å²) in [5.74, 6) is -1.92. The van der Waals surface area contributed by atoms with E-state index in [0.717, 1.165) is 17.9 Å². The number of nitrogens with two attached hydrogens (primary N) is 1. The number of halogens is 1. The lowest BCUT2D eigenvalue weighted by Crippen LogP contribution is -2.36. The Kier molecular flexibility index (Phi) is 5.78. The molecule has 0 saturated carbocycles. The number of benzene rings is 1. The van der Waals surface area contributed by atoms with E-state index in [2.05, 4.69) is 5.32 Å². The van der Waals surface area contributed by atoms with Crippen LogP contribution in [-0.4, -0.2) is 35.0 Å². The van der Waals surface area contributed by atoms with Crippen LogP contribution in [-0.2, 0) is 4.79 Å². The minimum atomic E-state index is -1.35. The molecule has 0 aliphatic rings. The van der Waals surface area contributed by atoms with Gasteiger partial charge in [0.2, 0.25) is 5.91 Å². The Morgan fingerprint density at radius 1 is 1.53 bits per heavy atom. The molecule has 0 saturated heterocycles. The van der Waals surface area contributed by atoms with E-state index in [9.17, 15) is 14.0 Å². The van der Waals surface area contributed by atoms with Gasteiger partial charge in [0, 0.05) is 5.69 Å². The number of carboxylic acid groups (broad SMARTS) is 1. The van der Waals surface area contributed by atoms with Crippen molar-refractivity contribution in [2.75, 3.05) is 17.3 Å². The Hall–Kier alpha value is -1.60. The molecule has 104 valence electrons. The van der Waals surface area contributed by atoms with Gasteiger partial charge in [-0.2, -0.15) is 11.8 Å². The molecule has 7 heteroatoms. The SMILES string of the molecule is CSCC[C@H](N)C(=O)Nc1ccc(C(=O)O)c(F)c1. The lowest BCUT2D eigenvalue weighted by Gasteiger charge is -2.12. The molecular weight excluding hydrogens is 271 g/mol. The van der Waals surface area contributed by atoms with Crippen LogP contribution in [0, 0.1) is 5.82 Å². The van der Waals surface area contributed by atoms with Gasteiger partial charge in [-0.3, -0.25) is 4.79 Å². The number of carboxylic acids is 1. The van der Waals surface area contributed by atoms with Crippen molar-refractivity contribution in [3.63, 3.8) is 0 Å². The number of carbonyl (C=O) groups is 2. The lowest BCUT2D eigenvalue weighted by atomic mass is 10.1. The normalized spacial score (nSPS) is 11.9. The van der Waals surface area contributed by atoms with E-state index in [0.29, 0.717) is 6.42 Å². The molecule has 5 nitrogen and oxygen atoms in total. The molecule has 1 amide bonds. The maximum atomic E-state index is 13.4. The van der Waals surface area contributed by atoms with E-state index >= 15 is 0 Å². The Labute approximate surface area is 114 Å². The van der Waals surface area contributed by atoms with Crippen LogP contribution in [0.25, 0.3) is 0 Å². The summed E-state index contributed by atoms with van der Waals surface area (Å²) in [4.78, 5) is 22.3. The van der Waals surface area contributed by atoms with Crippen molar-refractivity contribution >= 4 is 29.3 Å². The summed E-state index contributed by atoms with van der Waals surface area (Å²) in [6.07, 6.45) is 2.42. The second kappa shape index (κ2) is 7.10. The van der Waals surface area contributed by atoms with Gasteiger partial charge in [-0.1, -0.05) is 0 Å². The summed E-state index contributed by atoms with van der Waals surface area (Å²) in [7, 11) is 0. The minimum absolute atomic E-state index is 0.187. The quantitative estimate of drug-likeness (QED) is 0.737. The number of anilines is 1. The number of nitrogens with one attached hydrogen (secondary N) is 1. The molecule has 0 heterocycles. The third kappa shape index (κ3) is 4.53. The first-order valence-electron chi connectivity index (χ1n) is 5.54. The summed E-state index contributed by atoms with van der Waals surface area (Å²) in [5.41, 5.74) is 5.40. The van der Waals surface area contributed by atoms with Gasteiger partial charge in [0.05, 0.1) is 11.6 Å². The lowest BCUT2D eigenvalue weighted by molar-refractivity contribution is -0.117. The first-order chi connectivity index (χ1) is 8.95. The van der Waals surface area contributed by atoms with Crippen molar-refractivity contribution in [1.82, 2.24) is 0 Å². The van der Waals surface area contributed by atoms with Crippen LogP contribution in [0.2, 0.25) is 0 Å². The van der Waals surface area contributed by atoms with E-state index < -0.39 is 29.3 Å². The molecule has 0 aliphatic heterocycles. The van der Waals surface area contributed by atoms with Crippen LogP contribution < -0.4 is 11.1 Å². The Bertz CT molecular complexity index is 482. The first-order valence-corrected chi connectivity index (χ1v) is 6.93. The molecular formula is C12H15FN2O3S. The summed E-state index contributed by atoms with van der Waals surface area (Å²) in [5, 5.41) is 11.1. The van der Waals surface area contributed by atoms with Crippen LogP contribution in [0.3, 0.4) is 0 Å². The number of carbonyl (C=O) groups excluding carboxylic acids is 1. The number of rotatable bonds is 6. The smallest absolute Gasteiger partial charge is 0.338 e. The van der Waals surface area contributed by atoms with Crippen LogP contribution in [0.5, 0.6) is 0 Å². The second-order valence-electron chi connectivity index (χ2n) is 3.88. The molecule has 1 aromatic rings. The van der Waals surface area contributed by atoms with Crippen LogP contribution in [0.4, 0.5) is 10.1 Å². The fraction of sp³-hybridized carbons (Fsp3) is 0.333. The van der Waals surface area contributed by atoms with Gasteiger partial charge < -0.3 is 16.2 Å². The zero-order chi connectivity index (χ0) is 14.4. The fourth-order valence-electron chi connectivity index (χ4n) is 1.38. The van der Waals surface area contributed by atoms with E-state index in [1.165, 1.54) is 6.07 Å². The van der Waals surface area contributed by atoms with Crippen molar-refractivity contribution in [3.8, 4) is 0 Å². The molecule has 0 unspecified atom stereocenters. The number of aromatic carboxylic acids is 1. The monoisotopic (exact) mass is 286 g/mol. The summed E-state index contributed by atoms with van der Waals surface area (Å²) < 4.78 is 13.4. The largest absolute Gasteiger partial charge is 0.478 e. The average molecular weight is 286 g/mol. The molecule has 0 aliphatic carbocycles. The third-order valence-electron chi connectivity index (χ3n) is 2.44. The zero-order valence-corrected chi connectivity index (χ0v) is 11.2. The minimum Gasteiger partial charge on any atom is -0.478 e. The van der Waals surface area contributed by atoms with Gasteiger partial charge in [-0.15, -0.1) is 0 Å². The number of hydrogen-bond acceptors (Lipinski definition) is 4. The Morgan fingerprint density at radius 3 is 2.74 bits per heavy atom. The number of amides is 1. The molecule has 0 fully saturated rings. The molecule has 0 spiro atoms. The highest BCUT2D eigenvalue weighted by Crippen LogP contribution is 2.15. The van der Waals surface area contributed by atoms with E-state index in [1.54, 1.807) is 11.8 Å². The topological polar surface area (TPSA) is 92.4 Å². The average Bonchev–Trinajstić information content (AvgIpc) is 2.35. The van der Waals surface area contributed by atoms with Crippen molar-refractivity contribution in [3.05, 3.63) is 29.6 Å². The highest BCUT2D eigenvalue weighted by Gasteiger charge is 2.15. The molecule has 0 aromatic heterocycles. The van der Waals surface area contributed by atoms with Crippen molar-refractivity contribution in [1.29, 1.82) is 0 Å². The van der Waals surface area contributed by atoms with Crippen molar-refractivity contribution < 1.29 is 19.1 Å². The van der Waals surface area contributed by atoms with Crippen LogP contribution >= 0.6 is 11.8 Å². The van der Waals surface area contributed by atoms with Crippen LogP contribution in [0.1, 0.15) is 16.8 Å². The molecule has 1 atom stereocenters. The fourth-order valence-corrected chi connectivity index (χ4v) is 1.87. The summed E-state index contributed by atoms with van der Waals surface area (Å²) in [6, 6.07) is 2.71. The van der Waals surface area contributed by atoms with Gasteiger partial charge >= 0.3 is 5.97 Å². The van der Waals surface area contributed by atoms with E-state index in [1.807, 2.05) is 6.26 Å². The first kappa shape index (κ1) is 15.5. The van der Waals surface area contributed by atoms with Gasteiger partial charge in [-0.25, -0.2) is 9.18 Å². The third-order valence-corrected chi connectivity index (χ3v) is 3.08. The summed E-state index contributed by atoms with van der Waals surface area (Å²) in [6.45, 7) is 0. The van der Waals surface area contributed by atoms with E-state index in [4.69, 9.17) is 10.8 Å². The standard InChI is InChI=1S/C12H15FN2O3S/c1-19-5-4-10(14)11(16)15-7-2-3-8(12(17)18)9(13)6-7/h2-3,6,10H,4-5,14H2,1H3,(H,15,16)(H,17,18)/t10-/m0/s1. The molecule has 1 aromatic carbocycles. The predicted octanol–water partition coefficient (Wildman–Crippen LogP) is 1.54. The van der Waals surface area contributed by atoms with Crippen molar-refractivity contribution in [2.45, 2.75) is 12.5 Å². The predicted molar refractivity (Wildman–Crippen MR) is 73.0 cm³/mol. The molecule has 1 rings (SSSR count). The Balaban J connectivity index is 2.70. The number of hydrogen-bond donors (Lipinski definition) is 3. The van der Waals surface area contributed by atoms with Gasteiger partial charge in [0.25, 0.3) is 0 Å². The second-order valence-corrected chi connectivity index (χ2v) is 4.86. The molecule has 19 heavy (non-hydrogen) atoms. The maximum absolute atomic E-state index is 13.4. The van der Waals surface area contributed by atoms with Crippen LogP contribution in [0.15, 0.2) is 18.2 Å². The summed E-state index contributed by atoms with van der Waals surface area (Å²) >= 11 is 1.58. The zero-order valence-electron chi connectivity index (χ0n) is 10.4.